The van der Waals surface area contributed by atoms with Gasteiger partial charge in [0, 0.05) is 25.8 Å². The summed E-state index contributed by atoms with van der Waals surface area (Å²) in [6.07, 6.45) is 4.04. The minimum Gasteiger partial charge on any atom is -0.378 e. The highest BCUT2D eigenvalue weighted by Gasteiger charge is 2.27. The minimum absolute atomic E-state index is 0.104. The molecule has 23 heavy (non-hydrogen) atoms. The highest BCUT2D eigenvalue weighted by Crippen LogP contribution is 2.27. The van der Waals surface area contributed by atoms with Crippen molar-refractivity contribution in [3.05, 3.63) is 11.9 Å². The average molecular weight is 322 g/mol. The smallest absolute Gasteiger partial charge is 0.271 e. The monoisotopic (exact) mass is 322 g/mol. The Bertz CT molecular complexity index is 568. The highest BCUT2D eigenvalue weighted by atomic mass is 16.5. The van der Waals surface area contributed by atoms with E-state index in [2.05, 4.69) is 24.3 Å². The Morgan fingerprint density at radius 2 is 2.26 bits per heavy atom. The molecule has 0 aliphatic carbocycles. The summed E-state index contributed by atoms with van der Waals surface area (Å²) >= 11 is 0. The minimum atomic E-state index is -0.640. The van der Waals surface area contributed by atoms with Crippen molar-refractivity contribution in [2.24, 2.45) is 17.6 Å². The van der Waals surface area contributed by atoms with Gasteiger partial charge in [0.2, 0.25) is 5.91 Å². The zero-order chi connectivity index (χ0) is 17.0. The topological polar surface area (TPSA) is 99.2 Å². The molecular formula is C16H26N4O3. The van der Waals surface area contributed by atoms with Gasteiger partial charge in [0.05, 0.1) is 11.8 Å². The number of rotatable bonds is 6. The first-order valence-electron chi connectivity index (χ1n) is 8.19. The predicted molar refractivity (Wildman–Crippen MR) is 87.0 cm³/mol. The van der Waals surface area contributed by atoms with Crippen molar-refractivity contribution in [2.45, 2.75) is 52.7 Å². The van der Waals surface area contributed by atoms with Gasteiger partial charge < -0.3 is 15.8 Å². The number of aryl methyl sites for hydroxylation is 1. The summed E-state index contributed by atoms with van der Waals surface area (Å²) in [7, 11) is 0. The van der Waals surface area contributed by atoms with E-state index in [1.165, 1.54) is 0 Å². The van der Waals surface area contributed by atoms with Crippen molar-refractivity contribution in [1.82, 2.24) is 9.78 Å². The van der Waals surface area contributed by atoms with Gasteiger partial charge in [0.15, 0.2) is 5.69 Å². The number of hydrogen-bond donors (Lipinski definition) is 2. The SMILES string of the molecule is CCn1cc(NC(=O)CC2CCOC(C(C)C)C2)c(C(N)=O)n1. The van der Waals surface area contributed by atoms with Crippen LogP contribution < -0.4 is 11.1 Å². The number of amides is 2. The van der Waals surface area contributed by atoms with E-state index in [0.717, 1.165) is 12.8 Å². The van der Waals surface area contributed by atoms with E-state index in [9.17, 15) is 9.59 Å². The number of aromatic nitrogens is 2. The molecule has 1 aromatic heterocycles. The lowest BCUT2D eigenvalue weighted by atomic mass is 9.88. The Balaban J connectivity index is 1.97. The average Bonchev–Trinajstić information content (AvgIpc) is 2.90. The zero-order valence-electron chi connectivity index (χ0n) is 14.0. The third kappa shape index (κ3) is 4.54. The van der Waals surface area contributed by atoms with E-state index in [4.69, 9.17) is 10.5 Å². The van der Waals surface area contributed by atoms with Crippen LogP contribution in [0.15, 0.2) is 6.20 Å². The summed E-state index contributed by atoms with van der Waals surface area (Å²) in [4.78, 5) is 23.7. The van der Waals surface area contributed by atoms with E-state index in [1.54, 1.807) is 10.9 Å². The quantitative estimate of drug-likeness (QED) is 0.834. The number of nitrogens with two attached hydrogens (primary N) is 1. The van der Waals surface area contributed by atoms with Gasteiger partial charge in [-0.1, -0.05) is 13.8 Å². The van der Waals surface area contributed by atoms with Crippen molar-refractivity contribution in [2.75, 3.05) is 11.9 Å². The lowest BCUT2D eigenvalue weighted by molar-refractivity contribution is -0.118. The molecule has 0 spiro atoms. The number of ether oxygens (including phenoxy) is 1. The van der Waals surface area contributed by atoms with Gasteiger partial charge in [0.25, 0.3) is 5.91 Å². The normalized spacial score (nSPS) is 21.4. The first kappa shape index (κ1) is 17.5. The van der Waals surface area contributed by atoms with Crippen molar-refractivity contribution >= 4 is 17.5 Å². The molecule has 0 radical (unpaired) electrons. The summed E-state index contributed by atoms with van der Waals surface area (Å²) in [6, 6.07) is 0. The number of carbonyl (C=O) groups excluding carboxylic acids is 2. The van der Waals surface area contributed by atoms with Crippen LogP contribution in [0.3, 0.4) is 0 Å². The zero-order valence-corrected chi connectivity index (χ0v) is 14.0. The van der Waals surface area contributed by atoms with E-state index in [-0.39, 0.29) is 17.7 Å². The molecule has 2 heterocycles. The highest BCUT2D eigenvalue weighted by molar-refractivity contribution is 6.01. The molecule has 7 nitrogen and oxygen atoms in total. The van der Waals surface area contributed by atoms with Crippen LogP contribution in [0.4, 0.5) is 5.69 Å². The van der Waals surface area contributed by atoms with E-state index in [1.807, 2.05) is 6.92 Å². The fourth-order valence-corrected chi connectivity index (χ4v) is 2.87. The Morgan fingerprint density at radius 3 is 2.87 bits per heavy atom. The molecular weight excluding hydrogens is 296 g/mol. The number of nitrogens with zero attached hydrogens (tertiary/aromatic N) is 2. The molecule has 128 valence electrons. The first-order chi connectivity index (χ1) is 10.9. The van der Waals surface area contributed by atoms with E-state index in [0.29, 0.717) is 37.1 Å². The molecule has 1 saturated heterocycles. The van der Waals surface area contributed by atoms with Crippen molar-refractivity contribution in [3.63, 3.8) is 0 Å². The molecule has 0 aromatic carbocycles. The van der Waals surface area contributed by atoms with Gasteiger partial charge in [-0.2, -0.15) is 5.10 Å². The summed E-state index contributed by atoms with van der Waals surface area (Å²) in [6.45, 7) is 7.46. The second kappa shape index (κ2) is 7.59. The van der Waals surface area contributed by atoms with Gasteiger partial charge in [0.1, 0.15) is 0 Å². The standard InChI is InChI=1S/C16H26N4O3/c1-4-20-9-12(15(19-20)16(17)22)18-14(21)8-11-5-6-23-13(7-11)10(2)3/h9-11,13H,4-8H2,1-3H3,(H2,17,22)(H,18,21). The number of hydrogen-bond acceptors (Lipinski definition) is 4. The molecule has 0 saturated carbocycles. The second-order valence-electron chi connectivity index (χ2n) is 6.41. The van der Waals surface area contributed by atoms with Crippen LogP contribution in [0, 0.1) is 11.8 Å². The lowest BCUT2D eigenvalue weighted by Crippen LogP contribution is -2.31. The maximum Gasteiger partial charge on any atom is 0.271 e. The number of nitrogens with one attached hydrogen (secondary N) is 1. The van der Waals surface area contributed by atoms with Crippen LogP contribution in [0.25, 0.3) is 0 Å². The summed E-state index contributed by atoms with van der Waals surface area (Å²) < 4.78 is 7.31. The maximum absolute atomic E-state index is 12.3. The third-order valence-corrected chi connectivity index (χ3v) is 4.23. The largest absolute Gasteiger partial charge is 0.378 e. The third-order valence-electron chi connectivity index (χ3n) is 4.23. The number of anilines is 1. The maximum atomic E-state index is 12.3. The second-order valence-corrected chi connectivity index (χ2v) is 6.41. The summed E-state index contributed by atoms with van der Waals surface area (Å²) in [5.41, 5.74) is 5.80. The Hall–Kier alpha value is -1.89. The van der Waals surface area contributed by atoms with Crippen molar-refractivity contribution in [1.29, 1.82) is 0 Å². The molecule has 1 aromatic rings. The van der Waals surface area contributed by atoms with Crippen LogP contribution in [-0.4, -0.2) is 34.3 Å². The number of carbonyl (C=O) groups is 2. The molecule has 1 fully saturated rings. The Labute approximate surface area is 136 Å². The van der Waals surface area contributed by atoms with Crippen LogP contribution in [-0.2, 0) is 16.1 Å². The van der Waals surface area contributed by atoms with Crippen molar-refractivity contribution < 1.29 is 14.3 Å². The van der Waals surface area contributed by atoms with Gasteiger partial charge in [-0.3, -0.25) is 14.3 Å². The van der Waals surface area contributed by atoms with Crippen LogP contribution in [0.1, 0.15) is 50.5 Å². The van der Waals surface area contributed by atoms with E-state index < -0.39 is 5.91 Å². The number of primary amides is 1. The van der Waals surface area contributed by atoms with Crippen LogP contribution >= 0.6 is 0 Å². The molecule has 2 rings (SSSR count). The molecule has 2 atom stereocenters. The van der Waals surface area contributed by atoms with Gasteiger partial charge in [-0.25, -0.2) is 0 Å². The molecule has 7 heteroatoms. The van der Waals surface area contributed by atoms with Gasteiger partial charge in [-0.05, 0) is 31.6 Å². The summed E-state index contributed by atoms with van der Waals surface area (Å²) in [5, 5.41) is 6.84. The Kier molecular flexibility index (Phi) is 5.76. The van der Waals surface area contributed by atoms with Crippen LogP contribution in [0.2, 0.25) is 0 Å². The fourth-order valence-electron chi connectivity index (χ4n) is 2.87. The van der Waals surface area contributed by atoms with E-state index >= 15 is 0 Å². The van der Waals surface area contributed by atoms with Gasteiger partial charge in [-0.15, -0.1) is 0 Å². The molecule has 2 amide bonds. The van der Waals surface area contributed by atoms with Gasteiger partial charge >= 0.3 is 0 Å². The lowest BCUT2D eigenvalue weighted by Gasteiger charge is -2.31. The van der Waals surface area contributed by atoms with Crippen LogP contribution in [0.5, 0.6) is 0 Å². The Morgan fingerprint density at radius 1 is 1.52 bits per heavy atom. The van der Waals surface area contributed by atoms with Crippen molar-refractivity contribution in [3.8, 4) is 0 Å². The first-order valence-corrected chi connectivity index (χ1v) is 8.19. The molecule has 2 unspecified atom stereocenters. The molecule has 1 aliphatic rings. The predicted octanol–water partition coefficient (Wildman–Crippen LogP) is 1.78. The summed E-state index contributed by atoms with van der Waals surface area (Å²) in [5.74, 6) is -0.00416. The molecule has 3 N–H and O–H groups in total. The molecule has 1 aliphatic heterocycles. The fraction of sp³-hybridized carbons (Fsp3) is 0.688. The molecule has 0 bridgehead atoms.